The van der Waals surface area contributed by atoms with Gasteiger partial charge in [0, 0.05) is 29.3 Å². The first-order valence-electron chi connectivity index (χ1n) is 6.47. The normalized spacial score (nSPS) is 19.7. The van der Waals surface area contributed by atoms with Crippen molar-refractivity contribution in [2.75, 3.05) is 23.7 Å². The Morgan fingerprint density at radius 2 is 2.17 bits per heavy atom. The van der Waals surface area contributed by atoms with E-state index < -0.39 is 0 Å². The average Bonchev–Trinajstić information content (AvgIpc) is 2.49. The van der Waals surface area contributed by atoms with E-state index in [9.17, 15) is 5.11 Å². The molecule has 0 unspecified atom stereocenters. The summed E-state index contributed by atoms with van der Waals surface area (Å²) in [7, 11) is 0. The van der Waals surface area contributed by atoms with Crippen molar-refractivity contribution in [2.24, 2.45) is 0 Å². The molecule has 4 heteroatoms. The molecule has 100 valence electrons. The largest absolute Gasteiger partial charge is 0.392 e. The van der Waals surface area contributed by atoms with E-state index >= 15 is 0 Å². The monoisotopic (exact) mass is 266 g/mol. The van der Waals surface area contributed by atoms with Gasteiger partial charge < -0.3 is 10.0 Å². The molecular formula is C14H22N2OS. The smallest absolute Gasteiger partial charge is 0.129 e. The number of aliphatic hydroxyl groups is 1. The number of aryl methyl sites for hydroxylation is 1. The second kappa shape index (κ2) is 5.49. The molecule has 2 heterocycles. The summed E-state index contributed by atoms with van der Waals surface area (Å²) in [5.41, 5.74) is 1.93. The zero-order chi connectivity index (χ0) is 13.2. The van der Waals surface area contributed by atoms with Crippen molar-refractivity contribution in [3.63, 3.8) is 0 Å². The Kier molecular flexibility index (Phi) is 4.17. The van der Waals surface area contributed by atoms with Crippen molar-refractivity contribution in [1.29, 1.82) is 0 Å². The summed E-state index contributed by atoms with van der Waals surface area (Å²) in [5.74, 6) is 2.15. The second-order valence-corrected chi connectivity index (χ2v) is 7.28. The molecule has 0 aromatic carbocycles. The first-order valence-corrected chi connectivity index (χ1v) is 7.46. The lowest BCUT2D eigenvalue weighted by Gasteiger charge is -2.24. The van der Waals surface area contributed by atoms with Crippen LogP contribution in [0.2, 0.25) is 0 Å². The molecule has 1 aromatic heterocycles. The molecule has 1 saturated heterocycles. The van der Waals surface area contributed by atoms with Crippen LogP contribution in [-0.2, 0) is 6.61 Å². The van der Waals surface area contributed by atoms with Crippen molar-refractivity contribution < 1.29 is 5.11 Å². The van der Waals surface area contributed by atoms with E-state index in [0.29, 0.717) is 4.75 Å². The molecule has 1 aromatic rings. The summed E-state index contributed by atoms with van der Waals surface area (Å²) in [6.45, 7) is 8.77. The summed E-state index contributed by atoms with van der Waals surface area (Å²) in [6.07, 6.45) is 1.17. The minimum absolute atomic E-state index is 0.0877. The van der Waals surface area contributed by atoms with Crippen LogP contribution in [0.25, 0.3) is 0 Å². The van der Waals surface area contributed by atoms with E-state index in [1.54, 1.807) is 0 Å². The molecule has 0 amide bonds. The molecule has 0 saturated carbocycles. The van der Waals surface area contributed by atoms with E-state index in [1.807, 2.05) is 30.8 Å². The van der Waals surface area contributed by atoms with Gasteiger partial charge in [0.25, 0.3) is 0 Å². The van der Waals surface area contributed by atoms with Crippen molar-refractivity contribution in [1.82, 2.24) is 4.98 Å². The topological polar surface area (TPSA) is 36.4 Å². The van der Waals surface area contributed by atoms with Gasteiger partial charge in [0.05, 0.1) is 6.61 Å². The predicted molar refractivity (Wildman–Crippen MR) is 78.3 cm³/mol. The highest BCUT2D eigenvalue weighted by molar-refractivity contribution is 8.00. The third-order valence-electron chi connectivity index (χ3n) is 3.34. The van der Waals surface area contributed by atoms with Gasteiger partial charge in [0.15, 0.2) is 0 Å². The van der Waals surface area contributed by atoms with Gasteiger partial charge in [-0.25, -0.2) is 4.98 Å². The quantitative estimate of drug-likeness (QED) is 0.892. The van der Waals surface area contributed by atoms with Crippen molar-refractivity contribution in [2.45, 2.75) is 38.5 Å². The molecule has 3 nitrogen and oxygen atoms in total. The number of aliphatic hydroxyl groups excluding tert-OH is 1. The van der Waals surface area contributed by atoms with Gasteiger partial charge >= 0.3 is 0 Å². The number of anilines is 1. The summed E-state index contributed by atoms with van der Waals surface area (Å²) in [5, 5.41) is 9.27. The minimum Gasteiger partial charge on any atom is -0.392 e. The molecule has 1 N–H and O–H groups in total. The number of pyridine rings is 1. The van der Waals surface area contributed by atoms with E-state index in [1.165, 1.54) is 6.42 Å². The lowest BCUT2D eigenvalue weighted by Crippen LogP contribution is -2.28. The first kappa shape index (κ1) is 13.7. The molecule has 0 radical (unpaired) electrons. The molecule has 0 spiro atoms. The maximum Gasteiger partial charge on any atom is 0.129 e. The lowest BCUT2D eigenvalue weighted by molar-refractivity contribution is 0.281. The third-order valence-corrected chi connectivity index (χ3v) is 4.72. The van der Waals surface area contributed by atoms with Crippen LogP contribution in [0, 0.1) is 6.92 Å². The zero-order valence-corrected chi connectivity index (χ0v) is 12.3. The highest BCUT2D eigenvalue weighted by Crippen LogP contribution is 2.32. The van der Waals surface area contributed by atoms with Gasteiger partial charge in [-0.2, -0.15) is 11.8 Å². The number of aromatic nitrogens is 1. The Balaban J connectivity index is 2.18. The Hall–Kier alpha value is -0.740. The van der Waals surface area contributed by atoms with Gasteiger partial charge in [-0.15, -0.1) is 0 Å². The molecule has 1 aliphatic rings. The number of rotatable bonds is 2. The molecule has 0 atom stereocenters. The zero-order valence-electron chi connectivity index (χ0n) is 11.4. The fourth-order valence-corrected chi connectivity index (χ4v) is 3.32. The van der Waals surface area contributed by atoms with Gasteiger partial charge in [-0.05, 0) is 31.0 Å². The highest BCUT2D eigenvalue weighted by atomic mass is 32.2. The summed E-state index contributed by atoms with van der Waals surface area (Å²) < 4.78 is 0.360. The summed E-state index contributed by atoms with van der Waals surface area (Å²) in [6, 6.07) is 3.95. The van der Waals surface area contributed by atoms with E-state index in [4.69, 9.17) is 0 Å². The van der Waals surface area contributed by atoms with Crippen LogP contribution >= 0.6 is 11.8 Å². The first-order chi connectivity index (χ1) is 8.50. The Bertz CT molecular complexity index is 420. The second-order valence-electron chi connectivity index (χ2n) is 5.48. The third kappa shape index (κ3) is 3.39. The number of hydrogen-bond donors (Lipinski definition) is 1. The van der Waals surface area contributed by atoms with E-state index in [2.05, 4.69) is 23.7 Å². The van der Waals surface area contributed by atoms with Crippen molar-refractivity contribution in [3.05, 3.63) is 23.4 Å². The maximum atomic E-state index is 9.27. The standard InChI is InChI=1S/C14H22N2OS/c1-11-8-12(10-17)9-13(15-11)16-5-4-14(2,3)18-7-6-16/h8-9,17H,4-7,10H2,1-3H3. The Morgan fingerprint density at radius 1 is 1.39 bits per heavy atom. The molecule has 0 aliphatic carbocycles. The lowest BCUT2D eigenvalue weighted by atomic mass is 10.1. The molecule has 2 rings (SSSR count). The molecular weight excluding hydrogens is 244 g/mol. The fourth-order valence-electron chi connectivity index (χ4n) is 2.22. The van der Waals surface area contributed by atoms with Crippen LogP contribution in [0.15, 0.2) is 12.1 Å². The highest BCUT2D eigenvalue weighted by Gasteiger charge is 2.24. The van der Waals surface area contributed by atoms with Crippen LogP contribution in [0.1, 0.15) is 31.5 Å². The Morgan fingerprint density at radius 3 is 2.89 bits per heavy atom. The summed E-state index contributed by atoms with van der Waals surface area (Å²) >= 11 is 2.03. The number of nitrogens with zero attached hydrogens (tertiary/aromatic N) is 2. The maximum absolute atomic E-state index is 9.27. The fraction of sp³-hybridized carbons (Fsp3) is 0.643. The van der Waals surface area contributed by atoms with Crippen LogP contribution in [-0.4, -0.2) is 33.7 Å². The molecule has 1 aliphatic heterocycles. The van der Waals surface area contributed by atoms with Crippen LogP contribution in [0.5, 0.6) is 0 Å². The molecule has 1 fully saturated rings. The molecule has 18 heavy (non-hydrogen) atoms. The van der Waals surface area contributed by atoms with Crippen molar-refractivity contribution in [3.8, 4) is 0 Å². The van der Waals surface area contributed by atoms with Gasteiger partial charge in [-0.3, -0.25) is 0 Å². The van der Waals surface area contributed by atoms with Crippen LogP contribution < -0.4 is 4.90 Å². The van der Waals surface area contributed by atoms with Gasteiger partial charge in [0.2, 0.25) is 0 Å². The Labute approximate surface area is 114 Å². The minimum atomic E-state index is 0.0877. The average molecular weight is 266 g/mol. The predicted octanol–water partition coefficient (Wildman–Crippen LogP) is 2.60. The van der Waals surface area contributed by atoms with E-state index in [0.717, 1.165) is 35.9 Å². The number of thioether (sulfide) groups is 1. The van der Waals surface area contributed by atoms with Crippen molar-refractivity contribution >= 4 is 17.6 Å². The van der Waals surface area contributed by atoms with Crippen LogP contribution in [0.3, 0.4) is 0 Å². The number of hydrogen-bond acceptors (Lipinski definition) is 4. The SMILES string of the molecule is Cc1cc(CO)cc(N2CCSC(C)(C)CC2)n1. The van der Waals surface area contributed by atoms with Gasteiger partial charge in [-0.1, -0.05) is 13.8 Å². The molecule has 0 bridgehead atoms. The van der Waals surface area contributed by atoms with Gasteiger partial charge in [0.1, 0.15) is 5.82 Å². The van der Waals surface area contributed by atoms with E-state index in [-0.39, 0.29) is 6.61 Å². The summed E-state index contributed by atoms with van der Waals surface area (Å²) in [4.78, 5) is 6.94. The van der Waals surface area contributed by atoms with Crippen LogP contribution in [0.4, 0.5) is 5.82 Å².